The second kappa shape index (κ2) is 4.91. The number of fused-ring (bicyclic) bond motifs is 2. The summed E-state index contributed by atoms with van der Waals surface area (Å²) in [6, 6.07) is 9.37. The summed E-state index contributed by atoms with van der Waals surface area (Å²) in [5.41, 5.74) is 1.92. The minimum absolute atomic E-state index is 0.625. The van der Waals surface area contributed by atoms with Crippen LogP contribution in [0.15, 0.2) is 22.7 Å². The first kappa shape index (κ1) is 12.0. The SMILES string of the molecule is N#Cc1ccc(N2CCC3CCC(C2)N3)c(Br)c1. The molecule has 0 aliphatic carbocycles. The topological polar surface area (TPSA) is 39.1 Å². The number of hydrogen-bond donors (Lipinski definition) is 1. The lowest BCUT2D eigenvalue weighted by atomic mass is 10.1. The molecule has 0 saturated carbocycles. The zero-order valence-electron chi connectivity index (χ0n) is 10.2. The van der Waals surface area contributed by atoms with Crippen LogP contribution in [-0.4, -0.2) is 25.2 Å². The standard InChI is InChI=1S/C14H16BrN3/c15-13-7-10(8-16)1-4-14(13)18-6-5-11-2-3-12(9-18)17-11/h1,4,7,11-12,17H,2-3,5-6,9H2. The zero-order valence-corrected chi connectivity index (χ0v) is 11.8. The molecule has 0 amide bonds. The van der Waals surface area contributed by atoms with Crippen molar-refractivity contribution in [3.8, 4) is 6.07 Å². The predicted octanol–water partition coefficient (Wildman–Crippen LogP) is 2.65. The van der Waals surface area contributed by atoms with Crippen molar-refractivity contribution in [1.29, 1.82) is 5.26 Å². The van der Waals surface area contributed by atoms with Gasteiger partial charge in [0.1, 0.15) is 0 Å². The van der Waals surface area contributed by atoms with Gasteiger partial charge in [0, 0.05) is 29.6 Å². The summed E-state index contributed by atoms with van der Waals surface area (Å²) < 4.78 is 1.03. The van der Waals surface area contributed by atoms with Crippen LogP contribution in [0.3, 0.4) is 0 Å². The number of hydrogen-bond acceptors (Lipinski definition) is 3. The normalized spacial score (nSPS) is 26.8. The Morgan fingerprint density at radius 3 is 2.89 bits per heavy atom. The lowest BCUT2D eigenvalue weighted by molar-refractivity contribution is 0.563. The van der Waals surface area contributed by atoms with Crippen molar-refractivity contribution in [1.82, 2.24) is 5.32 Å². The van der Waals surface area contributed by atoms with Gasteiger partial charge in [-0.3, -0.25) is 0 Å². The van der Waals surface area contributed by atoms with Crippen LogP contribution < -0.4 is 10.2 Å². The Bertz CT molecular complexity index is 494. The number of nitrogens with zero attached hydrogens (tertiary/aromatic N) is 2. The summed E-state index contributed by atoms with van der Waals surface area (Å²) in [4.78, 5) is 2.43. The molecule has 2 saturated heterocycles. The molecule has 94 valence electrons. The summed E-state index contributed by atoms with van der Waals surface area (Å²) in [7, 11) is 0. The third kappa shape index (κ3) is 2.25. The van der Waals surface area contributed by atoms with Crippen LogP contribution in [0, 0.1) is 11.3 Å². The average Bonchev–Trinajstić information content (AvgIpc) is 2.70. The fraction of sp³-hybridized carbons (Fsp3) is 0.500. The fourth-order valence-electron chi connectivity index (χ4n) is 2.99. The van der Waals surface area contributed by atoms with E-state index in [1.807, 2.05) is 12.1 Å². The van der Waals surface area contributed by atoms with Crippen LogP contribution in [0.25, 0.3) is 0 Å². The average molecular weight is 306 g/mol. The fourth-order valence-corrected chi connectivity index (χ4v) is 3.62. The molecule has 0 radical (unpaired) electrons. The quantitative estimate of drug-likeness (QED) is 0.867. The van der Waals surface area contributed by atoms with E-state index in [9.17, 15) is 0 Å². The van der Waals surface area contributed by atoms with E-state index >= 15 is 0 Å². The van der Waals surface area contributed by atoms with Gasteiger partial charge < -0.3 is 10.2 Å². The van der Waals surface area contributed by atoms with Crippen molar-refractivity contribution in [2.24, 2.45) is 0 Å². The van der Waals surface area contributed by atoms with Crippen LogP contribution in [-0.2, 0) is 0 Å². The molecule has 2 aliphatic heterocycles. The molecule has 2 aliphatic rings. The number of nitriles is 1. The van der Waals surface area contributed by atoms with Crippen molar-refractivity contribution in [2.75, 3.05) is 18.0 Å². The Balaban J connectivity index is 1.84. The maximum Gasteiger partial charge on any atom is 0.0992 e. The van der Waals surface area contributed by atoms with Gasteiger partial charge in [-0.15, -0.1) is 0 Å². The van der Waals surface area contributed by atoms with E-state index in [-0.39, 0.29) is 0 Å². The summed E-state index contributed by atoms with van der Waals surface area (Å²) in [6.07, 6.45) is 3.82. The molecular weight excluding hydrogens is 290 g/mol. The molecule has 2 atom stereocenters. The van der Waals surface area contributed by atoms with Crippen LogP contribution in [0.2, 0.25) is 0 Å². The molecule has 1 aromatic rings. The zero-order chi connectivity index (χ0) is 12.5. The van der Waals surface area contributed by atoms with Gasteiger partial charge in [-0.05, 0) is 53.4 Å². The molecule has 2 heterocycles. The summed E-state index contributed by atoms with van der Waals surface area (Å²) in [5.74, 6) is 0. The maximum atomic E-state index is 8.90. The molecule has 2 fully saturated rings. The van der Waals surface area contributed by atoms with Gasteiger partial charge in [0.15, 0.2) is 0 Å². The van der Waals surface area contributed by atoms with Crippen LogP contribution in [0.5, 0.6) is 0 Å². The highest BCUT2D eigenvalue weighted by atomic mass is 79.9. The molecule has 2 bridgehead atoms. The molecule has 0 aromatic heterocycles. The van der Waals surface area contributed by atoms with E-state index in [1.54, 1.807) is 0 Å². The highest BCUT2D eigenvalue weighted by Gasteiger charge is 2.29. The molecule has 3 rings (SSSR count). The van der Waals surface area contributed by atoms with Gasteiger partial charge in [-0.2, -0.15) is 5.26 Å². The second-order valence-corrected chi connectivity index (χ2v) is 6.00. The molecule has 1 N–H and O–H groups in total. The largest absolute Gasteiger partial charge is 0.369 e. The van der Waals surface area contributed by atoms with Gasteiger partial charge in [0.25, 0.3) is 0 Å². The minimum Gasteiger partial charge on any atom is -0.369 e. The Hall–Kier alpha value is -1.05. The van der Waals surface area contributed by atoms with Crippen LogP contribution >= 0.6 is 15.9 Å². The molecule has 3 nitrogen and oxygen atoms in total. The Morgan fingerprint density at radius 1 is 1.28 bits per heavy atom. The number of halogens is 1. The van der Waals surface area contributed by atoms with E-state index in [1.165, 1.54) is 24.9 Å². The van der Waals surface area contributed by atoms with Crippen molar-refractivity contribution in [3.63, 3.8) is 0 Å². The van der Waals surface area contributed by atoms with Crippen molar-refractivity contribution in [3.05, 3.63) is 28.2 Å². The third-order valence-electron chi connectivity index (χ3n) is 3.94. The van der Waals surface area contributed by atoms with E-state index < -0.39 is 0 Å². The van der Waals surface area contributed by atoms with Crippen LogP contribution in [0.1, 0.15) is 24.8 Å². The first-order valence-corrected chi connectivity index (χ1v) is 7.26. The van der Waals surface area contributed by atoms with Crippen molar-refractivity contribution < 1.29 is 0 Å². The summed E-state index contributed by atoms with van der Waals surface area (Å²) in [6.45, 7) is 2.17. The van der Waals surface area contributed by atoms with E-state index in [4.69, 9.17) is 5.26 Å². The highest BCUT2D eigenvalue weighted by molar-refractivity contribution is 9.10. The van der Waals surface area contributed by atoms with Gasteiger partial charge in [-0.1, -0.05) is 0 Å². The van der Waals surface area contributed by atoms with Crippen LogP contribution in [0.4, 0.5) is 5.69 Å². The Labute approximate surface area is 116 Å². The molecule has 2 unspecified atom stereocenters. The van der Waals surface area contributed by atoms with Gasteiger partial charge >= 0.3 is 0 Å². The smallest absolute Gasteiger partial charge is 0.0992 e. The van der Waals surface area contributed by atoms with E-state index in [2.05, 4.69) is 38.3 Å². The number of benzene rings is 1. The van der Waals surface area contributed by atoms with Gasteiger partial charge in [-0.25, -0.2) is 0 Å². The predicted molar refractivity (Wildman–Crippen MR) is 75.6 cm³/mol. The monoisotopic (exact) mass is 305 g/mol. The van der Waals surface area contributed by atoms with Crippen molar-refractivity contribution in [2.45, 2.75) is 31.3 Å². The minimum atomic E-state index is 0.625. The molecule has 1 aromatic carbocycles. The third-order valence-corrected chi connectivity index (χ3v) is 4.58. The van der Waals surface area contributed by atoms with Gasteiger partial charge in [0.2, 0.25) is 0 Å². The Morgan fingerprint density at radius 2 is 2.11 bits per heavy atom. The molecule has 4 heteroatoms. The lowest BCUT2D eigenvalue weighted by Crippen LogP contribution is -2.35. The Kier molecular flexibility index (Phi) is 3.27. The van der Waals surface area contributed by atoms with E-state index in [0.29, 0.717) is 17.6 Å². The second-order valence-electron chi connectivity index (χ2n) is 5.15. The maximum absolute atomic E-state index is 8.90. The summed E-state index contributed by atoms with van der Waals surface area (Å²) >= 11 is 3.59. The first-order valence-electron chi connectivity index (χ1n) is 6.47. The summed E-state index contributed by atoms with van der Waals surface area (Å²) in [5, 5.41) is 12.6. The highest BCUT2D eigenvalue weighted by Crippen LogP contribution is 2.30. The molecule has 0 spiro atoms. The van der Waals surface area contributed by atoms with Gasteiger partial charge in [0.05, 0.1) is 17.3 Å². The number of anilines is 1. The first-order chi connectivity index (χ1) is 8.76. The number of rotatable bonds is 1. The van der Waals surface area contributed by atoms with E-state index in [0.717, 1.165) is 17.6 Å². The number of nitrogens with one attached hydrogen (secondary N) is 1. The molecule has 18 heavy (non-hydrogen) atoms. The molecular formula is C14H16BrN3. The lowest BCUT2D eigenvalue weighted by Gasteiger charge is -2.27. The van der Waals surface area contributed by atoms with Crippen molar-refractivity contribution >= 4 is 21.6 Å².